The van der Waals surface area contributed by atoms with Gasteiger partial charge >= 0.3 is 0 Å². The molecule has 1 aromatic carbocycles. The molecule has 3 heteroatoms. The SMILES string of the molecule is COc1ccc(/C=C2\CCCCC(CN(C)C)C2=O)cc1. The van der Waals surface area contributed by atoms with E-state index in [9.17, 15) is 4.79 Å². The molecule has 0 saturated heterocycles. The Morgan fingerprint density at radius 3 is 2.57 bits per heavy atom. The summed E-state index contributed by atoms with van der Waals surface area (Å²) >= 11 is 0. The van der Waals surface area contributed by atoms with Gasteiger partial charge < -0.3 is 9.64 Å². The molecular formula is C18H25NO2. The van der Waals surface area contributed by atoms with Crippen molar-refractivity contribution in [2.45, 2.75) is 25.7 Å². The summed E-state index contributed by atoms with van der Waals surface area (Å²) in [6.45, 7) is 0.846. The Labute approximate surface area is 127 Å². The maximum absolute atomic E-state index is 12.7. The maximum atomic E-state index is 12.7. The second-order valence-corrected chi connectivity index (χ2v) is 6.01. The average Bonchev–Trinajstić information content (AvgIpc) is 2.63. The number of nitrogens with zero attached hydrogens (tertiary/aromatic N) is 1. The Bertz CT molecular complexity index is 502. The van der Waals surface area contributed by atoms with E-state index in [-0.39, 0.29) is 5.92 Å². The van der Waals surface area contributed by atoms with Crippen LogP contribution in [0.3, 0.4) is 0 Å². The average molecular weight is 287 g/mol. The Morgan fingerprint density at radius 2 is 1.95 bits per heavy atom. The van der Waals surface area contributed by atoms with Crippen molar-refractivity contribution in [3.05, 3.63) is 35.4 Å². The number of carbonyl (C=O) groups is 1. The molecule has 1 atom stereocenters. The number of ketones is 1. The Morgan fingerprint density at radius 1 is 1.24 bits per heavy atom. The molecule has 0 radical (unpaired) electrons. The van der Waals surface area contributed by atoms with Gasteiger partial charge in [0.2, 0.25) is 0 Å². The van der Waals surface area contributed by atoms with E-state index < -0.39 is 0 Å². The number of rotatable bonds is 4. The number of benzene rings is 1. The standard InChI is InChI=1S/C18H25NO2/c1-19(2)13-16-7-5-4-6-15(18(16)20)12-14-8-10-17(21-3)11-9-14/h8-12,16H,4-7,13H2,1-3H3/b15-12+. The van der Waals surface area contributed by atoms with Crippen LogP contribution in [0.2, 0.25) is 0 Å². The molecule has 0 aliphatic heterocycles. The zero-order chi connectivity index (χ0) is 15.2. The summed E-state index contributed by atoms with van der Waals surface area (Å²) in [7, 11) is 5.73. The zero-order valence-electron chi connectivity index (χ0n) is 13.3. The smallest absolute Gasteiger partial charge is 0.163 e. The largest absolute Gasteiger partial charge is 0.497 e. The summed E-state index contributed by atoms with van der Waals surface area (Å²) in [5.74, 6) is 1.32. The van der Waals surface area contributed by atoms with E-state index in [2.05, 4.69) is 11.0 Å². The molecule has 0 spiro atoms. The van der Waals surface area contributed by atoms with Crippen LogP contribution < -0.4 is 4.74 Å². The van der Waals surface area contributed by atoms with Crippen molar-refractivity contribution in [3.63, 3.8) is 0 Å². The van der Waals surface area contributed by atoms with Gasteiger partial charge in [0.25, 0.3) is 0 Å². The van der Waals surface area contributed by atoms with E-state index in [1.807, 2.05) is 38.4 Å². The summed E-state index contributed by atoms with van der Waals surface area (Å²) in [6.07, 6.45) is 6.21. The molecule has 1 saturated carbocycles. The van der Waals surface area contributed by atoms with Gasteiger partial charge in [-0.15, -0.1) is 0 Å². The lowest BCUT2D eigenvalue weighted by molar-refractivity contribution is -0.119. The predicted octanol–water partition coefficient (Wildman–Crippen LogP) is 3.40. The normalized spacial score (nSPS) is 21.6. The third-order valence-electron chi connectivity index (χ3n) is 3.98. The molecule has 1 fully saturated rings. The van der Waals surface area contributed by atoms with E-state index >= 15 is 0 Å². The molecule has 2 rings (SSSR count). The molecular weight excluding hydrogens is 262 g/mol. The van der Waals surface area contributed by atoms with Gasteiger partial charge in [0.1, 0.15) is 5.75 Å². The number of carbonyl (C=O) groups excluding carboxylic acids is 1. The molecule has 0 heterocycles. The molecule has 0 N–H and O–H groups in total. The molecule has 21 heavy (non-hydrogen) atoms. The molecule has 114 valence electrons. The van der Waals surface area contributed by atoms with E-state index in [4.69, 9.17) is 4.74 Å². The first-order valence-electron chi connectivity index (χ1n) is 7.63. The topological polar surface area (TPSA) is 29.5 Å². The van der Waals surface area contributed by atoms with Crippen LogP contribution in [0.4, 0.5) is 0 Å². The van der Waals surface area contributed by atoms with Gasteiger partial charge in [-0.2, -0.15) is 0 Å². The lowest BCUT2D eigenvalue weighted by atomic mass is 9.94. The Balaban J connectivity index is 2.18. The number of ether oxygens (including phenoxy) is 1. The van der Waals surface area contributed by atoms with E-state index in [1.54, 1.807) is 7.11 Å². The van der Waals surface area contributed by atoms with E-state index in [1.165, 1.54) is 0 Å². The third kappa shape index (κ3) is 4.43. The molecule has 1 aliphatic carbocycles. The van der Waals surface area contributed by atoms with Crippen LogP contribution in [0.25, 0.3) is 6.08 Å². The van der Waals surface area contributed by atoms with E-state index in [0.717, 1.165) is 49.1 Å². The molecule has 1 aliphatic rings. The zero-order valence-corrected chi connectivity index (χ0v) is 13.3. The van der Waals surface area contributed by atoms with Crippen LogP contribution in [0.15, 0.2) is 29.8 Å². The summed E-state index contributed by atoms with van der Waals surface area (Å²) < 4.78 is 5.17. The first kappa shape index (κ1) is 15.8. The fraction of sp³-hybridized carbons (Fsp3) is 0.500. The molecule has 0 bridgehead atoms. The van der Waals surface area contributed by atoms with Crippen LogP contribution in [0.1, 0.15) is 31.2 Å². The van der Waals surface area contributed by atoms with Gasteiger partial charge in [0, 0.05) is 12.5 Å². The van der Waals surface area contributed by atoms with Crippen molar-refractivity contribution < 1.29 is 9.53 Å². The summed E-state index contributed by atoms with van der Waals surface area (Å²) in [4.78, 5) is 14.8. The Kier molecular flexibility index (Phi) is 5.57. The molecule has 1 unspecified atom stereocenters. The number of hydrogen-bond acceptors (Lipinski definition) is 3. The van der Waals surface area contributed by atoms with Gasteiger partial charge in [-0.1, -0.05) is 18.6 Å². The van der Waals surface area contributed by atoms with Crippen molar-refractivity contribution >= 4 is 11.9 Å². The monoisotopic (exact) mass is 287 g/mol. The fourth-order valence-corrected chi connectivity index (χ4v) is 2.88. The minimum Gasteiger partial charge on any atom is -0.497 e. The van der Waals surface area contributed by atoms with Crippen molar-refractivity contribution in [1.29, 1.82) is 0 Å². The van der Waals surface area contributed by atoms with Gasteiger partial charge in [-0.3, -0.25) is 4.79 Å². The summed E-state index contributed by atoms with van der Waals surface area (Å²) in [6, 6.07) is 7.88. The summed E-state index contributed by atoms with van der Waals surface area (Å²) in [5, 5.41) is 0. The molecule has 0 aromatic heterocycles. The number of methoxy groups -OCH3 is 1. The summed E-state index contributed by atoms with van der Waals surface area (Å²) in [5.41, 5.74) is 2.05. The van der Waals surface area contributed by atoms with Crippen LogP contribution in [-0.4, -0.2) is 38.4 Å². The third-order valence-corrected chi connectivity index (χ3v) is 3.98. The van der Waals surface area contributed by atoms with Gasteiger partial charge in [0.05, 0.1) is 7.11 Å². The van der Waals surface area contributed by atoms with Crippen molar-refractivity contribution in [1.82, 2.24) is 4.90 Å². The number of Topliss-reactive ketones (excluding diaryl/α,β-unsaturated/α-hetero) is 1. The van der Waals surface area contributed by atoms with Crippen LogP contribution in [-0.2, 0) is 4.79 Å². The predicted molar refractivity (Wildman–Crippen MR) is 86.5 cm³/mol. The van der Waals surface area contributed by atoms with Crippen molar-refractivity contribution in [3.8, 4) is 5.75 Å². The highest BCUT2D eigenvalue weighted by Gasteiger charge is 2.25. The maximum Gasteiger partial charge on any atom is 0.163 e. The minimum atomic E-state index is 0.145. The molecule has 3 nitrogen and oxygen atoms in total. The number of allylic oxidation sites excluding steroid dienone is 1. The number of hydrogen-bond donors (Lipinski definition) is 0. The highest BCUT2D eigenvalue weighted by atomic mass is 16.5. The van der Waals surface area contributed by atoms with Crippen LogP contribution in [0.5, 0.6) is 5.75 Å². The highest BCUT2D eigenvalue weighted by Crippen LogP contribution is 2.26. The lowest BCUT2D eigenvalue weighted by Gasteiger charge is -2.18. The first-order valence-corrected chi connectivity index (χ1v) is 7.63. The second-order valence-electron chi connectivity index (χ2n) is 6.01. The van der Waals surface area contributed by atoms with Crippen molar-refractivity contribution in [2.24, 2.45) is 5.92 Å². The first-order chi connectivity index (χ1) is 10.1. The molecule has 1 aromatic rings. The van der Waals surface area contributed by atoms with Crippen LogP contribution >= 0.6 is 0 Å². The van der Waals surface area contributed by atoms with E-state index in [0.29, 0.717) is 5.78 Å². The highest BCUT2D eigenvalue weighted by molar-refractivity contribution is 6.01. The quantitative estimate of drug-likeness (QED) is 0.628. The minimum absolute atomic E-state index is 0.145. The van der Waals surface area contributed by atoms with Gasteiger partial charge in [0.15, 0.2) is 5.78 Å². The van der Waals surface area contributed by atoms with Gasteiger partial charge in [-0.05, 0) is 62.7 Å². The lowest BCUT2D eigenvalue weighted by Crippen LogP contribution is -2.27. The Hall–Kier alpha value is -1.61. The molecule has 0 amide bonds. The fourth-order valence-electron chi connectivity index (χ4n) is 2.88. The van der Waals surface area contributed by atoms with Gasteiger partial charge in [-0.25, -0.2) is 0 Å². The van der Waals surface area contributed by atoms with Crippen molar-refractivity contribution in [2.75, 3.05) is 27.7 Å². The van der Waals surface area contributed by atoms with Crippen LogP contribution in [0, 0.1) is 5.92 Å². The second kappa shape index (κ2) is 7.41.